The van der Waals surface area contributed by atoms with E-state index < -0.39 is 5.97 Å². The molecular formula is C17H11Cl2NO3S. The van der Waals surface area contributed by atoms with E-state index in [-0.39, 0.29) is 5.69 Å². The maximum absolute atomic E-state index is 10.9. The van der Waals surface area contributed by atoms with E-state index in [4.69, 9.17) is 33.0 Å². The number of ether oxygens (including phenoxy) is 1. The van der Waals surface area contributed by atoms with Gasteiger partial charge >= 0.3 is 5.97 Å². The van der Waals surface area contributed by atoms with Gasteiger partial charge in [0, 0.05) is 10.9 Å². The summed E-state index contributed by atoms with van der Waals surface area (Å²) >= 11 is 13.1. The minimum atomic E-state index is -1.03. The molecule has 0 radical (unpaired) electrons. The highest BCUT2D eigenvalue weighted by Crippen LogP contribution is 2.27. The summed E-state index contributed by atoms with van der Waals surface area (Å²) in [6, 6.07) is 12.7. The maximum Gasteiger partial charge on any atom is 0.355 e. The number of benzene rings is 2. The first-order valence-electron chi connectivity index (χ1n) is 6.89. The molecule has 0 aliphatic heterocycles. The standard InChI is InChI=1S/C17H11Cl2NO3S/c18-13-6-1-10(7-14(13)19)8-23-12-4-2-11(3-5-12)16-20-15(9-24-16)17(21)22/h1-7,9H,8H2,(H,21,22). The molecule has 1 N–H and O–H groups in total. The van der Waals surface area contributed by atoms with E-state index in [0.29, 0.717) is 27.4 Å². The maximum atomic E-state index is 10.9. The lowest BCUT2D eigenvalue weighted by molar-refractivity contribution is 0.0691. The van der Waals surface area contributed by atoms with Crippen molar-refractivity contribution in [1.82, 2.24) is 4.98 Å². The molecule has 0 saturated heterocycles. The Morgan fingerprint density at radius 3 is 2.50 bits per heavy atom. The number of hydrogen-bond donors (Lipinski definition) is 1. The van der Waals surface area contributed by atoms with Gasteiger partial charge in [0.05, 0.1) is 10.0 Å². The highest BCUT2D eigenvalue weighted by Gasteiger charge is 2.10. The first-order valence-corrected chi connectivity index (χ1v) is 8.52. The first-order chi connectivity index (χ1) is 11.5. The van der Waals surface area contributed by atoms with E-state index in [2.05, 4.69) is 4.98 Å². The summed E-state index contributed by atoms with van der Waals surface area (Å²) < 4.78 is 5.71. The average molecular weight is 380 g/mol. The SMILES string of the molecule is O=C(O)c1csc(-c2ccc(OCc3ccc(Cl)c(Cl)c3)cc2)n1. The number of carboxylic acid groups (broad SMARTS) is 1. The van der Waals surface area contributed by atoms with Gasteiger partial charge in [-0.05, 0) is 42.0 Å². The second-order valence-corrected chi connectivity index (χ2v) is 6.58. The molecule has 2 aromatic carbocycles. The number of aromatic nitrogens is 1. The van der Waals surface area contributed by atoms with Gasteiger partial charge in [-0.25, -0.2) is 9.78 Å². The largest absolute Gasteiger partial charge is 0.489 e. The van der Waals surface area contributed by atoms with Crippen LogP contribution in [-0.4, -0.2) is 16.1 Å². The van der Waals surface area contributed by atoms with Crippen molar-refractivity contribution >= 4 is 40.5 Å². The molecule has 3 aromatic rings. The smallest absolute Gasteiger partial charge is 0.355 e. The highest BCUT2D eigenvalue weighted by atomic mass is 35.5. The number of carbonyl (C=O) groups is 1. The Hall–Kier alpha value is -2.08. The van der Waals surface area contributed by atoms with Crippen molar-refractivity contribution in [3.8, 4) is 16.3 Å². The molecule has 0 atom stereocenters. The van der Waals surface area contributed by atoms with Gasteiger partial charge in [-0.15, -0.1) is 11.3 Å². The molecule has 0 aliphatic rings. The van der Waals surface area contributed by atoms with Crippen LogP contribution in [0.2, 0.25) is 10.0 Å². The van der Waals surface area contributed by atoms with Crippen molar-refractivity contribution in [3.05, 3.63) is 69.1 Å². The van der Waals surface area contributed by atoms with Crippen molar-refractivity contribution in [2.24, 2.45) is 0 Å². The average Bonchev–Trinajstić information content (AvgIpc) is 3.07. The Kier molecular flexibility index (Phi) is 5.04. The van der Waals surface area contributed by atoms with Crippen molar-refractivity contribution in [2.45, 2.75) is 6.61 Å². The van der Waals surface area contributed by atoms with Crippen LogP contribution in [0.1, 0.15) is 16.1 Å². The zero-order chi connectivity index (χ0) is 17.1. The second kappa shape index (κ2) is 7.21. The molecule has 0 aliphatic carbocycles. The topological polar surface area (TPSA) is 59.4 Å². The monoisotopic (exact) mass is 379 g/mol. The zero-order valence-corrected chi connectivity index (χ0v) is 14.5. The molecule has 0 bridgehead atoms. The van der Waals surface area contributed by atoms with E-state index in [1.165, 1.54) is 16.7 Å². The molecule has 1 heterocycles. The third-order valence-electron chi connectivity index (χ3n) is 3.21. The predicted octanol–water partition coefficient (Wildman–Crippen LogP) is 5.39. The molecule has 0 saturated carbocycles. The summed E-state index contributed by atoms with van der Waals surface area (Å²) in [4.78, 5) is 14.9. The Morgan fingerprint density at radius 1 is 1.12 bits per heavy atom. The molecule has 0 spiro atoms. The third kappa shape index (κ3) is 3.87. The van der Waals surface area contributed by atoms with Gasteiger partial charge in [-0.3, -0.25) is 0 Å². The lowest BCUT2D eigenvalue weighted by atomic mass is 10.2. The lowest BCUT2D eigenvalue weighted by Crippen LogP contribution is -1.96. The van der Waals surface area contributed by atoms with Gasteiger partial charge in [0.2, 0.25) is 0 Å². The molecule has 1 aromatic heterocycles. The summed E-state index contributed by atoms with van der Waals surface area (Å²) in [5, 5.41) is 12.1. The Balaban J connectivity index is 1.67. The normalized spacial score (nSPS) is 10.6. The minimum Gasteiger partial charge on any atom is -0.489 e. The number of carboxylic acids is 1. The van der Waals surface area contributed by atoms with Gasteiger partial charge < -0.3 is 9.84 Å². The molecule has 0 unspecified atom stereocenters. The number of nitrogens with zero attached hydrogens (tertiary/aromatic N) is 1. The first kappa shape index (κ1) is 16.8. The summed E-state index contributed by atoms with van der Waals surface area (Å²) in [7, 11) is 0. The molecule has 24 heavy (non-hydrogen) atoms. The summed E-state index contributed by atoms with van der Waals surface area (Å²) in [5.41, 5.74) is 1.81. The fraction of sp³-hybridized carbons (Fsp3) is 0.0588. The molecule has 0 fully saturated rings. The van der Waals surface area contributed by atoms with Crippen LogP contribution in [0.5, 0.6) is 5.75 Å². The van der Waals surface area contributed by atoms with Gasteiger partial charge in [0.15, 0.2) is 5.69 Å². The van der Waals surface area contributed by atoms with Crippen LogP contribution in [0.4, 0.5) is 0 Å². The van der Waals surface area contributed by atoms with Crippen molar-refractivity contribution in [2.75, 3.05) is 0 Å². The van der Waals surface area contributed by atoms with E-state index >= 15 is 0 Å². The fourth-order valence-electron chi connectivity index (χ4n) is 1.99. The van der Waals surface area contributed by atoms with Crippen LogP contribution in [0.3, 0.4) is 0 Å². The van der Waals surface area contributed by atoms with Crippen LogP contribution in [-0.2, 0) is 6.61 Å². The van der Waals surface area contributed by atoms with E-state index in [9.17, 15) is 4.79 Å². The van der Waals surface area contributed by atoms with E-state index in [1.807, 2.05) is 30.3 Å². The van der Waals surface area contributed by atoms with Gasteiger partial charge in [-0.2, -0.15) is 0 Å². The third-order valence-corrected chi connectivity index (χ3v) is 4.84. The number of rotatable bonds is 5. The fourth-order valence-corrected chi connectivity index (χ4v) is 3.12. The van der Waals surface area contributed by atoms with E-state index in [0.717, 1.165) is 11.1 Å². The summed E-state index contributed by atoms with van der Waals surface area (Å²) in [6.07, 6.45) is 0. The summed E-state index contributed by atoms with van der Waals surface area (Å²) in [5.74, 6) is -0.334. The molecule has 7 heteroatoms. The Morgan fingerprint density at radius 2 is 1.88 bits per heavy atom. The number of halogens is 2. The molecular weight excluding hydrogens is 369 g/mol. The zero-order valence-electron chi connectivity index (χ0n) is 12.2. The van der Waals surface area contributed by atoms with Crippen LogP contribution in [0.25, 0.3) is 10.6 Å². The van der Waals surface area contributed by atoms with Gasteiger partial charge in [-0.1, -0.05) is 29.3 Å². The van der Waals surface area contributed by atoms with Crippen LogP contribution >= 0.6 is 34.5 Å². The van der Waals surface area contributed by atoms with E-state index in [1.54, 1.807) is 12.1 Å². The Labute approximate surface area is 152 Å². The van der Waals surface area contributed by atoms with Crippen molar-refractivity contribution in [1.29, 1.82) is 0 Å². The van der Waals surface area contributed by atoms with Gasteiger partial charge in [0.1, 0.15) is 17.4 Å². The number of aromatic carboxylic acids is 1. The van der Waals surface area contributed by atoms with Crippen molar-refractivity contribution in [3.63, 3.8) is 0 Å². The Bertz CT molecular complexity index is 878. The molecule has 0 amide bonds. The highest BCUT2D eigenvalue weighted by molar-refractivity contribution is 7.13. The molecule has 122 valence electrons. The number of thiazole rings is 1. The number of hydrogen-bond acceptors (Lipinski definition) is 4. The van der Waals surface area contributed by atoms with Crippen LogP contribution in [0, 0.1) is 0 Å². The molecule has 4 nitrogen and oxygen atoms in total. The van der Waals surface area contributed by atoms with Crippen LogP contribution < -0.4 is 4.74 Å². The van der Waals surface area contributed by atoms with Crippen molar-refractivity contribution < 1.29 is 14.6 Å². The second-order valence-electron chi connectivity index (χ2n) is 4.90. The molecule has 3 rings (SSSR count). The lowest BCUT2D eigenvalue weighted by Gasteiger charge is -2.07. The predicted molar refractivity (Wildman–Crippen MR) is 95.3 cm³/mol. The quantitative estimate of drug-likeness (QED) is 0.644. The minimum absolute atomic E-state index is 0.0509. The van der Waals surface area contributed by atoms with Gasteiger partial charge in [0.25, 0.3) is 0 Å². The van der Waals surface area contributed by atoms with Crippen LogP contribution in [0.15, 0.2) is 47.8 Å². The summed E-state index contributed by atoms with van der Waals surface area (Å²) in [6.45, 7) is 0.372.